The zero-order valence-electron chi connectivity index (χ0n) is 14.1. The van der Waals surface area contributed by atoms with Crippen molar-refractivity contribution in [2.24, 2.45) is 0 Å². The van der Waals surface area contributed by atoms with Gasteiger partial charge in [0.25, 0.3) is 0 Å². The molecule has 7 nitrogen and oxygen atoms in total. The van der Waals surface area contributed by atoms with Gasteiger partial charge in [0.1, 0.15) is 0 Å². The van der Waals surface area contributed by atoms with Crippen LogP contribution in [0, 0.1) is 0 Å². The Labute approximate surface area is 138 Å². The van der Waals surface area contributed by atoms with Gasteiger partial charge in [0, 0.05) is 59.2 Å². The van der Waals surface area contributed by atoms with Gasteiger partial charge in [0.2, 0.25) is 11.8 Å². The summed E-state index contributed by atoms with van der Waals surface area (Å²) >= 11 is 0. The topological polar surface area (TPSA) is 71.1 Å². The van der Waals surface area contributed by atoms with Crippen LogP contribution in [0.15, 0.2) is 0 Å². The fourth-order valence-corrected chi connectivity index (χ4v) is 2.91. The molecule has 0 saturated carbocycles. The van der Waals surface area contributed by atoms with Crippen LogP contribution in [0.2, 0.25) is 0 Å². The molecule has 1 atom stereocenters. The molecule has 0 spiro atoms. The zero-order valence-corrected chi connectivity index (χ0v) is 14.1. The maximum Gasteiger partial charge on any atom is 0.221 e. The summed E-state index contributed by atoms with van der Waals surface area (Å²) < 4.78 is 10.9. The number of amides is 2. The van der Waals surface area contributed by atoms with Crippen molar-refractivity contribution in [2.75, 3.05) is 59.1 Å². The molecule has 0 aromatic carbocycles. The molecule has 0 aromatic heterocycles. The average Bonchev–Trinajstić information content (AvgIpc) is 3.05. The zero-order chi connectivity index (χ0) is 16.5. The van der Waals surface area contributed by atoms with E-state index in [0.29, 0.717) is 26.1 Å². The van der Waals surface area contributed by atoms with Gasteiger partial charge in [0.15, 0.2) is 0 Å². The number of nitrogens with zero attached hydrogens (tertiary/aromatic N) is 2. The van der Waals surface area contributed by atoms with Crippen LogP contribution in [-0.4, -0.2) is 86.8 Å². The van der Waals surface area contributed by atoms with E-state index >= 15 is 0 Å². The molecule has 7 heteroatoms. The van der Waals surface area contributed by atoms with Crippen molar-refractivity contribution in [1.82, 2.24) is 15.1 Å². The summed E-state index contributed by atoms with van der Waals surface area (Å²) in [5, 5.41) is 2.93. The van der Waals surface area contributed by atoms with Crippen LogP contribution in [0.1, 0.15) is 26.2 Å². The third-order valence-electron chi connectivity index (χ3n) is 4.36. The van der Waals surface area contributed by atoms with E-state index < -0.39 is 0 Å². The first-order valence-electron chi connectivity index (χ1n) is 8.59. The Bertz CT molecular complexity index is 380. The predicted molar refractivity (Wildman–Crippen MR) is 86.1 cm³/mol. The van der Waals surface area contributed by atoms with E-state index in [2.05, 4.69) is 10.2 Å². The van der Waals surface area contributed by atoms with Crippen LogP contribution in [0.4, 0.5) is 0 Å². The summed E-state index contributed by atoms with van der Waals surface area (Å²) in [6.07, 6.45) is 2.52. The number of ether oxygens (including phenoxy) is 2. The Kier molecular flexibility index (Phi) is 7.78. The van der Waals surface area contributed by atoms with E-state index in [1.807, 2.05) is 0 Å². The monoisotopic (exact) mass is 327 g/mol. The quantitative estimate of drug-likeness (QED) is 0.671. The Morgan fingerprint density at radius 3 is 2.70 bits per heavy atom. The minimum Gasteiger partial charge on any atom is -0.379 e. The molecule has 23 heavy (non-hydrogen) atoms. The first-order valence-corrected chi connectivity index (χ1v) is 8.59. The number of morpholine rings is 1. The number of carbonyl (C=O) groups excluding carboxylic acids is 2. The fourth-order valence-electron chi connectivity index (χ4n) is 2.91. The molecule has 2 saturated heterocycles. The second-order valence-electron chi connectivity index (χ2n) is 6.15. The Morgan fingerprint density at radius 1 is 1.26 bits per heavy atom. The lowest BCUT2D eigenvalue weighted by atomic mass is 10.2. The van der Waals surface area contributed by atoms with E-state index in [4.69, 9.17) is 9.47 Å². The van der Waals surface area contributed by atoms with Gasteiger partial charge in [-0.1, -0.05) is 0 Å². The molecule has 0 radical (unpaired) electrons. The van der Waals surface area contributed by atoms with E-state index in [1.54, 1.807) is 11.8 Å². The molecule has 2 fully saturated rings. The number of hydrogen-bond donors (Lipinski definition) is 1. The Balaban J connectivity index is 1.59. The molecule has 2 amide bonds. The lowest BCUT2D eigenvalue weighted by Crippen LogP contribution is -2.42. The van der Waals surface area contributed by atoms with Crippen LogP contribution in [0.25, 0.3) is 0 Å². The average molecular weight is 327 g/mol. The third kappa shape index (κ3) is 6.85. The van der Waals surface area contributed by atoms with E-state index in [1.165, 1.54) is 0 Å². The van der Waals surface area contributed by atoms with Crippen molar-refractivity contribution < 1.29 is 19.1 Å². The molecular weight excluding hydrogens is 298 g/mol. The van der Waals surface area contributed by atoms with Crippen molar-refractivity contribution in [1.29, 1.82) is 0 Å². The van der Waals surface area contributed by atoms with Gasteiger partial charge < -0.3 is 19.7 Å². The molecule has 2 heterocycles. The Hall–Kier alpha value is -1.18. The summed E-state index contributed by atoms with van der Waals surface area (Å²) in [4.78, 5) is 27.6. The molecule has 0 aromatic rings. The maximum atomic E-state index is 11.9. The Morgan fingerprint density at radius 2 is 2.04 bits per heavy atom. The minimum absolute atomic E-state index is 0.00150. The number of carbonyl (C=O) groups is 2. The molecule has 132 valence electrons. The van der Waals surface area contributed by atoms with Gasteiger partial charge in [0.05, 0.1) is 19.3 Å². The molecule has 2 aliphatic heterocycles. The van der Waals surface area contributed by atoms with Crippen LogP contribution >= 0.6 is 0 Å². The highest BCUT2D eigenvalue weighted by molar-refractivity contribution is 5.78. The van der Waals surface area contributed by atoms with E-state index in [9.17, 15) is 9.59 Å². The molecule has 1 N–H and O–H groups in total. The van der Waals surface area contributed by atoms with Gasteiger partial charge >= 0.3 is 0 Å². The van der Waals surface area contributed by atoms with Crippen LogP contribution in [-0.2, 0) is 19.1 Å². The highest BCUT2D eigenvalue weighted by atomic mass is 16.5. The molecule has 2 aliphatic rings. The maximum absolute atomic E-state index is 11.9. The summed E-state index contributed by atoms with van der Waals surface area (Å²) in [6.45, 7) is 8.25. The second-order valence-corrected chi connectivity index (χ2v) is 6.15. The lowest BCUT2D eigenvalue weighted by Gasteiger charge is -2.26. The van der Waals surface area contributed by atoms with Crippen LogP contribution in [0.5, 0.6) is 0 Å². The van der Waals surface area contributed by atoms with Gasteiger partial charge in [-0.05, 0) is 12.8 Å². The second kappa shape index (κ2) is 9.85. The molecular formula is C16H29N3O4. The van der Waals surface area contributed by atoms with Crippen molar-refractivity contribution in [2.45, 2.75) is 32.3 Å². The van der Waals surface area contributed by atoms with Crippen molar-refractivity contribution in [3.63, 3.8) is 0 Å². The molecule has 2 rings (SSSR count). The minimum atomic E-state index is -0.00292. The largest absolute Gasteiger partial charge is 0.379 e. The smallest absolute Gasteiger partial charge is 0.221 e. The van der Waals surface area contributed by atoms with Gasteiger partial charge in [-0.3, -0.25) is 14.5 Å². The SMILES string of the molecule is CC(=O)N(CCC(=O)NCCN1CCOCC1)CC1CCCO1. The summed E-state index contributed by atoms with van der Waals surface area (Å²) in [7, 11) is 0. The fraction of sp³-hybridized carbons (Fsp3) is 0.875. The van der Waals surface area contributed by atoms with Crippen LogP contribution < -0.4 is 5.32 Å². The predicted octanol–water partition coefficient (Wildman–Crippen LogP) is -0.148. The molecule has 0 aliphatic carbocycles. The summed E-state index contributed by atoms with van der Waals surface area (Å²) in [5.74, 6) is -0.00142. The number of nitrogens with one attached hydrogen (secondary N) is 1. The summed E-state index contributed by atoms with van der Waals surface area (Å²) in [6, 6.07) is 0. The van der Waals surface area contributed by atoms with Crippen LogP contribution in [0.3, 0.4) is 0 Å². The number of hydrogen-bond acceptors (Lipinski definition) is 5. The highest BCUT2D eigenvalue weighted by Gasteiger charge is 2.21. The molecule has 0 bridgehead atoms. The highest BCUT2D eigenvalue weighted by Crippen LogP contribution is 2.13. The first-order chi connectivity index (χ1) is 11.1. The van der Waals surface area contributed by atoms with Gasteiger partial charge in [-0.15, -0.1) is 0 Å². The third-order valence-corrected chi connectivity index (χ3v) is 4.36. The van der Waals surface area contributed by atoms with Gasteiger partial charge in [-0.2, -0.15) is 0 Å². The standard InChI is InChI=1S/C16H29N3O4/c1-14(20)19(13-15-3-2-10-23-15)6-4-16(21)17-5-7-18-8-11-22-12-9-18/h15H,2-13H2,1H3,(H,17,21). The van der Waals surface area contributed by atoms with Crippen molar-refractivity contribution in [3.8, 4) is 0 Å². The first kappa shape index (κ1) is 18.2. The normalized spacial score (nSPS) is 22.0. The van der Waals surface area contributed by atoms with E-state index in [0.717, 1.165) is 52.3 Å². The van der Waals surface area contributed by atoms with Crippen molar-refractivity contribution >= 4 is 11.8 Å². The lowest BCUT2D eigenvalue weighted by molar-refractivity contribution is -0.131. The summed E-state index contributed by atoms with van der Waals surface area (Å²) in [5.41, 5.74) is 0. The molecule has 1 unspecified atom stereocenters. The van der Waals surface area contributed by atoms with Crippen molar-refractivity contribution in [3.05, 3.63) is 0 Å². The number of rotatable bonds is 8. The van der Waals surface area contributed by atoms with E-state index in [-0.39, 0.29) is 17.9 Å². The van der Waals surface area contributed by atoms with Gasteiger partial charge in [-0.25, -0.2) is 0 Å².